The molecule has 1 unspecified atom stereocenters. The van der Waals surface area contributed by atoms with Gasteiger partial charge in [0.2, 0.25) is 0 Å². The van der Waals surface area contributed by atoms with E-state index in [9.17, 15) is 0 Å². The molecule has 0 bridgehead atoms. The number of rotatable bonds is 6. The molecule has 2 aliphatic heterocycles. The summed E-state index contributed by atoms with van der Waals surface area (Å²) >= 11 is 0. The number of nitrogens with one attached hydrogen (secondary N) is 2. The van der Waals surface area contributed by atoms with E-state index in [1.54, 1.807) is 14.2 Å². The minimum Gasteiger partial charge on any atom is -0.497 e. The Kier molecular flexibility index (Phi) is 5.05. The molecular weight excluding hydrogens is 378 g/mol. The van der Waals surface area contributed by atoms with Crippen molar-refractivity contribution in [2.75, 3.05) is 47.0 Å². The maximum Gasteiger partial charge on any atom is 0.123 e. The number of nitrogens with zero attached hydrogens (tertiary/aromatic N) is 1. The molecule has 3 heterocycles. The zero-order chi connectivity index (χ0) is 20.6. The van der Waals surface area contributed by atoms with Crippen LogP contribution in [0, 0.1) is 0 Å². The molecule has 2 N–H and O–H groups in total. The van der Waals surface area contributed by atoms with E-state index >= 15 is 0 Å². The molecule has 2 aliphatic rings. The first-order chi connectivity index (χ1) is 14.7. The van der Waals surface area contributed by atoms with Crippen LogP contribution in [0.1, 0.15) is 17.7 Å². The van der Waals surface area contributed by atoms with Gasteiger partial charge in [-0.1, -0.05) is 6.07 Å². The van der Waals surface area contributed by atoms with E-state index < -0.39 is 0 Å². The maximum atomic E-state index is 5.97. The average molecular weight is 408 g/mol. The number of aromatic amines is 1. The van der Waals surface area contributed by atoms with E-state index in [0.29, 0.717) is 6.61 Å². The number of benzene rings is 2. The summed E-state index contributed by atoms with van der Waals surface area (Å²) in [6.07, 6.45) is 2.15. The molecule has 6 heteroatoms. The summed E-state index contributed by atoms with van der Waals surface area (Å²) < 4.78 is 16.7. The monoisotopic (exact) mass is 407 g/mol. The van der Waals surface area contributed by atoms with Crippen LogP contribution < -0.4 is 19.5 Å². The largest absolute Gasteiger partial charge is 0.497 e. The van der Waals surface area contributed by atoms with Crippen molar-refractivity contribution >= 4 is 10.9 Å². The molecule has 158 valence electrons. The summed E-state index contributed by atoms with van der Waals surface area (Å²) in [5.74, 6) is 2.59. The molecule has 1 aromatic heterocycles. The maximum absolute atomic E-state index is 5.97. The zero-order valence-electron chi connectivity index (χ0n) is 17.7. The topological polar surface area (TPSA) is 58.8 Å². The van der Waals surface area contributed by atoms with Crippen molar-refractivity contribution in [1.82, 2.24) is 15.2 Å². The number of aromatic nitrogens is 1. The number of ether oxygens (including phenoxy) is 3. The molecule has 0 saturated carbocycles. The van der Waals surface area contributed by atoms with E-state index in [1.807, 2.05) is 30.3 Å². The predicted molar refractivity (Wildman–Crippen MR) is 118 cm³/mol. The van der Waals surface area contributed by atoms with Gasteiger partial charge in [0.05, 0.1) is 19.8 Å². The van der Waals surface area contributed by atoms with Gasteiger partial charge < -0.3 is 24.5 Å². The van der Waals surface area contributed by atoms with Crippen LogP contribution in [0.3, 0.4) is 0 Å². The number of fused-ring (bicyclic) bond motifs is 4. The Morgan fingerprint density at radius 1 is 1.03 bits per heavy atom. The smallest absolute Gasteiger partial charge is 0.123 e. The summed E-state index contributed by atoms with van der Waals surface area (Å²) in [5, 5.41) is 5.13. The van der Waals surface area contributed by atoms with Crippen molar-refractivity contribution in [3.8, 4) is 17.2 Å². The zero-order valence-corrected chi connectivity index (χ0v) is 17.7. The molecule has 0 amide bonds. The quantitative estimate of drug-likeness (QED) is 0.657. The molecule has 2 aromatic carbocycles. The SMILES string of the molecule is COc1cccc(OCCN2CCC3(C2)NCCc2c3[nH]c3ccc(OC)cc23)c1. The van der Waals surface area contributed by atoms with Crippen LogP contribution in [0.4, 0.5) is 0 Å². The highest BCUT2D eigenvalue weighted by Crippen LogP contribution is 2.40. The van der Waals surface area contributed by atoms with Crippen LogP contribution in [-0.4, -0.2) is 56.9 Å². The Hall–Kier alpha value is -2.70. The number of methoxy groups -OCH3 is 2. The fraction of sp³-hybridized carbons (Fsp3) is 0.417. The summed E-state index contributed by atoms with van der Waals surface area (Å²) in [6, 6.07) is 14.1. The lowest BCUT2D eigenvalue weighted by Crippen LogP contribution is -2.49. The molecule has 1 atom stereocenters. The van der Waals surface area contributed by atoms with Crippen LogP contribution in [0.5, 0.6) is 17.2 Å². The third kappa shape index (κ3) is 3.40. The minimum absolute atomic E-state index is 0.00416. The Morgan fingerprint density at radius 3 is 2.73 bits per heavy atom. The van der Waals surface area contributed by atoms with Crippen LogP contribution in [0.25, 0.3) is 10.9 Å². The van der Waals surface area contributed by atoms with Gasteiger partial charge in [0, 0.05) is 48.8 Å². The molecular formula is C24H29N3O3. The second-order valence-corrected chi connectivity index (χ2v) is 8.20. The van der Waals surface area contributed by atoms with Gasteiger partial charge >= 0.3 is 0 Å². The number of hydrogen-bond donors (Lipinski definition) is 2. The van der Waals surface area contributed by atoms with E-state index in [-0.39, 0.29) is 5.54 Å². The van der Waals surface area contributed by atoms with Crippen LogP contribution in [0.15, 0.2) is 42.5 Å². The van der Waals surface area contributed by atoms with Gasteiger partial charge in [-0.05, 0) is 48.7 Å². The Labute approximate surface area is 177 Å². The summed E-state index contributed by atoms with van der Waals surface area (Å²) in [6.45, 7) is 4.63. The molecule has 1 fully saturated rings. The number of H-pyrrole nitrogens is 1. The minimum atomic E-state index is -0.00416. The van der Waals surface area contributed by atoms with Gasteiger partial charge in [0.25, 0.3) is 0 Å². The molecule has 0 radical (unpaired) electrons. The highest BCUT2D eigenvalue weighted by Gasteiger charge is 2.43. The predicted octanol–water partition coefficient (Wildman–Crippen LogP) is 3.31. The lowest BCUT2D eigenvalue weighted by atomic mass is 9.86. The summed E-state index contributed by atoms with van der Waals surface area (Å²) in [5.41, 5.74) is 3.99. The number of hydrogen-bond acceptors (Lipinski definition) is 5. The Balaban J connectivity index is 1.29. The molecule has 1 saturated heterocycles. The summed E-state index contributed by atoms with van der Waals surface area (Å²) in [7, 11) is 3.40. The lowest BCUT2D eigenvalue weighted by Gasteiger charge is -2.35. The van der Waals surface area contributed by atoms with Gasteiger partial charge in [-0.3, -0.25) is 4.90 Å². The molecule has 0 aliphatic carbocycles. The highest BCUT2D eigenvalue weighted by molar-refractivity contribution is 5.86. The Bertz CT molecular complexity index is 1050. The van der Waals surface area contributed by atoms with Crippen molar-refractivity contribution in [2.24, 2.45) is 0 Å². The lowest BCUT2D eigenvalue weighted by molar-refractivity contribution is 0.217. The molecule has 1 spiro atoms. The molecule has 30 heavy (non-hydrogen) atoms. The van der Waals surface area contributed by atoms with Crippen molar-refractivity contribution < 1.29 is 14.2 Å². The Morgan fingerprint density at radius 2 is 1.87 bits per heavy atom. The third-order valence-corrected chi connectivity index (χ3v) is 6.50. The van der Waals surface area contributed by atoms with E-state index in [4.69, 9.17) is 14.2 Å². The van der Waals surface area contributed by atoms with E-state index in [1.165, 1.54) is 22.2 Å². The van der Waals surface area contributed by atoms with Gasteiger partial charge in [0.1, 0.15) is 23.9 Å². The van der Waals surface area contributed by atoms with Crippen molar-refractivity contribution in [3.63, 3.8) is 0 Å². The number of likely N-dealkylation sites (tertiary alicyclic amines) is 1. The molecule has 5 rings (SSSR count). The van der Waals surface area contributed by atoms with Crippen molar-refractivity contribution in [1.29, 1.82) is 0 Å². The van der Waals surface area contributed by atoms with Crippen molar-refractivity contribution in [3.05, 3.63) is 53.7 Å². The second kappa shape index (κ2) is 7.85. The van der Waals surface area contributed by atoms with Gasteiger partial charge in [0.15, 0.2) is 0 Å². The van der Waals surface area contributed by atoms with E-state index in [2.05, 4.69) is 27.3 Å². The first kappa shape index (κ1) is 19.3. The van der Waals surface area contributed by atoms with Gasteiger partial charge in [-0.15, -0.1) is 0 Å². The van der Waals surface area contributed by atoms with Crippen molar-refractivity contribution in [2.45, 2.75) is 18.4 Å². The van der Waals surface area contributed by atoms with Gasteiger partial charge in [-0.2, -0.15) is 0 Å². The normalized spacial score (nSPS) is 21.1. The highest BCUT2D eigenvalue weighted by atomic mass is 16.5. The first-order valence-electron chi connectivity index (χ1n) is 10.6. The molecule has 6 nitrogen and oxygen atoms in total. The summed E-state index contributed by atoms with van der Waals surface area (Å²) in [4.78, 5) is 6.22. The second-order valence-electron chi connectivity index (χ2n) is 8.20. The fourth-order valence-electron chi connectivity index (χ4n) is 4.95. The average Bonchev–Trinajstić information content (AvgIpc) is 3.36. The van der Waals surface area contributed by atoms with Crippen LogP contribution >= 0.6 is 0 Å². The fourth-order valence-corrected chi connectivity index (χ4v) is 4.95. The molecule has 3 aromatic rings. The van der Waals surface area contributed by atoms with Crippen LogP contribution in [-0.2, 0) is 12.0 Å². The van der Waals surface area contributed by atoms with Gasteiger partial charge in [-0.25, -0.2) is 0 Å². The van der Waals surface area contributed by atoms with E-state index in [0.717, 1.165) is 56.3 Å². The standard InChI is InChI=1S/C24H29N3O3/c1-28-17-4-3-5-19(14-17)30-13-12-27-11-9-24(16-27)23-20(8-10-25-24)21-15-18(29-2)6-7-22(21)26-23/h3-7,14-15,25-26H,8-13,16H2,1-2H3. The van der Waals surface area contributed by atoms with Crippen LogP contribution in [0.2, 0.25) is 0 Å². The first-order valence-corrected chi connectivity index (χ1v) is 10.6. The third-order valence-electron chi connectivity index (χ3n) is 6.50.